The molecule has 0 amide bonds. The van der Waals surface area contributed by atoms with E-state index in [0.29, 0.717) is 35.1 Å². The van der Waals surface area contributed by atoms with E-state index >= 15 is 0 Å². The highest BCUT2D eigenvalue weighted by Gasteiger charge is 2.48. The van der Waals surface area contributed by atoms with Gasteiger partial charge in [0, 0.05) is 49.9 Å². The van der Waals surface area contributed by atoms with Crippen molar-refractivity contribution < 1.29 is 19.4 Å². The Kier molecular flexibility index (Phi) is 5.04. The Bertz CT molecular complexity index is 690. The smallest absolute Gasteiger partial charge is 0.203 e. The van der Waals surface area contributed by atoms with Gasteiger partial charge in [-0.1, -0.05) is 5.16 Å². The quantitative estimate of drug-likeness (QED) is 0.630. The van der Waals surface area contributed by atoms with Crippen LogP contribution in [-0.2, 0) is 0 Å². The van der Waals surface area contributed by atoms with Crippen LogP contribution in [0.15, 0.2) is 17.3 Å². The maximum Gasteiger partial charge on any atom is 0.203 e. The van der Waals surface area contributed by atoms with Gasteiger partial charge in [0.05, 0.1) is 33.1 Å². The van der Waals surface area contributed by atoms with Gasteiger partial charge in [0.15, 0.2) is 11.5 Å². The number of rotatable bonds is 5. The van der Waals surface area contributed by atoms with Crippen molar-refractivity contribution in [2.75, 3.05) is 52.4 Å². The molecule has 1 aromatic rings. The fourth-order valence-corrected chi connectivity index (χ4v) is 5.19. The number of methoxy groups -OCH3 is 3. The van der Waals surface area contributed by atoms with Gasteiger partial charge in [0.1, 0.15) is 0 Å². The highest BCUT2D eigenvalue weighted by Crippen LogP contribution is 2.45. The van der Waals surface area contributed by atoms with Crippen molar-refractivity contribution >= 4 is 11.4 Å². The summed E-state index contributed by atoms with van der Waals surface area (Å²) in [4.78, 5) is 4.86. The maximum absolute atomic E-state index is 9.50. The van der Waals surface area contributed by atoms with E-state index in [1.165, 1.54) is 19.3 Å². The molecule has 1 N–H and O–H groups in total. The van der Waals surface area contributed by atoms with E-state index in [1.807, 2.05) is 12.1 Å². The molecule has 0 radical (unpaired) electrons. The molecule has 3 aliphatic rings. The van der Waals surface area contributed by atoms with E-state index in [0.717, 1.165) is 37.6 Å². The van der Waals surface area contributed by atoms with Crippen molar-refractivity contribution in [2.45, 2.75) is 25.3 Å². The Morgan fingerprint density at radius 3 is 2.19 bits per heavy atom. The molecule has 3 atom stereocenters. The van der Waals surface area contributed by atoms with Gasteiger partial charge in [-0.25, -0.2) is 0 Å². The van der Waals surface area contributed by atoms with E-state index in [2.05, 4.69) is 15.0 Å². The molecule has 3 fully saturated rings. The average Bonchev–Trinajstić information content (AvgIpc) is 3.34. The normalized spacial score (nSPS) is 29.4. The molecule has 2 saturated carbocycles. The zero-order valence-electron chi connectivity index (χ0n) is 16.4. The molecule has 2 bridgehead atoms. The van der Waals surface area contributed by atoms with E-state index in [9.17, 15) is 5.21 Å². The highest BCUT2D eigenvalue weighted by atomic mass is 16.5. The van der Waals surface area contributed by atoms with E-state index < -0.39 is 0 Å². The standard InChI is InChI=1S/C20H29N3O4/c1-25-16-11-15(12-17(26-2)20(16)27-3)22-6-8-23(9-7-22)19-14-5-4-13(10-14)18(19)21-24/h11-14,19,24H,4-10H2,1-3H3/b21-18+/t13-,14-,19-/m0/s1. The van der Waals surface area contributed by atoms with Gasteiger partial charge in [0.25, 0.3) is 0 Å². The number of fused-ring (bicyclic) bond motifs is 2. The van der Waals surface area contributed by atoms with Crippen LogP contribution in [0.3, 0.4) is 0 Å². The lowest BCUT2D eigenvalue weighted by Crippen LogP contribution is -2.54. The Morgan fingerprint density at radius 2 is 1.63 bits per heavy atom. The van der Waals surface area contributed by atoms with Gasteiger partial charge in [-0.3, -0.25) is 4.90 Å². The number of ether oxygens (including phenoxy) is 3. The van der Waals surface area contributed by atoms with Crippen LogP contribution in [0.2, 0.25) is 0 Å². The van der Waals surface area contributed by atoms with Gasteiger partial charge < -0.3 is 24.3 Å². The monoisotopic (exact) mass is 375 g/mol. The molecule has 1 aliphatic heterocycles. The minimum absolute atomic E-state index is 0.329. The van der Waals surface area contributed by atoms with Crippen LogP contribution in [-0.4, -0.2) is 69.4 Å². The maximum atomic E-state index is 9.50. The van der Waals surface area contributed by atoms with Crippen LogP contribution in [0.25, 0.3) is 0 Å². The first-order valence-electron chi connectivity index (χ1n) is 9.71. The molecule has 1 aromatic carbocycles. The Morgan fingerprint density at radius 1 is 0.963 bits per heavy atom. The van der Waals surface area contributed by atoms with Crippen molar-refractivity contribution in [3.63, 3.8) is 0 Å². The molecule has 1 saturated heterocycles. The lowest BCUT2D eigenvalue weighted by atomic mass is 9.91. The van der Waals surface area contributed by atoms with E-state index in [4.69, 9.17) is 14.2 Å². The molecule has 4 rings (SSSR count). The number of hydrogen-bond acceptors (Lipinski definition) is 7. The number of nitrogens with zero attached hydrogens (tertiary/aromatic N) is 3. The van der Waals surface area contributed by atoms with Crippen LogP contribution in [0.5, 0.6) is 17.2 Å². The minimum Gasteiger partial charge on any atom is -0.493 e. The molecule has 7 heteroatoms. The summed E-state index contributed by atoms with van der Waals surface area (Å²) in [5.41, 5.74) is 2.10. The van der Waals surface area contributed by atoms with Crippen molar-refractivity contribution in [3.8, 4) is 17.2 Å². The second-order valence-corrected chi connectivity index (χ2v) is 7.65. The van der Waals surface area contributed by atoms with Gasteiger partial charge in [-0.15, -0.1) is 0 Å². The molecular formula is C20H29N3O4. The molecule has 148 valence electrons. The lowest BCUT2D eigenvalue weighted by molar-refractivity contribution is 0.181. The van der Waals surface area contributed by atoms with Gasteiger partial charge in [-0.2, -0.15) is 0 Å². The molecule has 2 aliphatic carbocycles. The van der Waals surface area contributed by atoms with E-state index in [1.54, 1.807) is 21.3 Å². The molecule has 0 unspecified atom stereocenters. The molecule has 1 heterocycles. The summed E-state index contributed by atoms with van der Waals surface area (Å²) in [6.45, 7) is 3.77. The van der Waals surface area contributed by atoms with Crippen LogP contribution in [0, 0.1) is 11.8 Å². The summed E-state index contributed by atoms with van der Waals surface area (Å²) in [6.07, 6.45) is 3.64. The van der Waals surface area contributed by atoms with Gasteiger partial charge in [-0.05, 0) is 25.2 Å². The second kappa shape index (κ2) is 7.46. The third kappa shape index (κ3) is 3.08. The average molecular weight is 375 g/mol. The molecular weight excluding hydrogens is 346 g/mol. The zero-order valence-corrected chi connectivity index (χ0v) is 16.4. The SMILES string of the molecule is COc1cc(N2CCN([C@@H]3/C(=N/O)[C@H]4CC[C@H]3C4)CC2)cc(OC)c1OC. The van der Waals surface area contributed by atoms with E-state index in [-0.39, 0.29) is 0 Å². The number of benzene rings is 1. The van der Waals surface area contributed by atoms with Crippen molar-refractivity contribution in [3.05, 3.63) is 12.1 Å². The Balaban J connectivity index is 1.48. The number of anilines is 1. The first kappa shape index (κ1) is 18.2. The summed E-state index contributed by atoms with van der Waals surface area (Å²) < 4.78 is 16.4. The first-order chi connectivity index (χ1) is 13.2. The summed E-state index contributed by atoms with van der Waals surface area (Å²) in [7, 11) is 4.90. The largest absolute Gasteiger partial charge is 0.493 e. The van der Waals surface area contributed by atoms with Crippen molar-refractivity contribution in [1.82, 2.24) is 4.90 Å². The predicted molar refractivity (Wildman–Crippen MR) is 104 cm³/mol. The van der Waals surface area contributed by atoms with Crippen LogP contribution in [0.1, 0.15) is 19.3 Å². The third-order valence-electron chi connectivity index (χ3n) is 6.48. The topological polar surface area (TPSA) is 66.8 Å². The number of piperazine rings is 1. The summed E-state index contributed by atoms with van der Waals surface area (Å²) in [6, 6.07) is 4.35. The second-order valence-electron chi connectivity index (χ2n) is 7.65. The zero-order chi connectivity index (χ0) is 19.0. The molecule has 27 heavy (non-hydrogen) atoms. The summed E-state index contributed by atoms with van der Waals surface area (Å²) in [5, 5.41) is 13.2. The van der Waals surface area contributed by atoms with Crippen molar-refractivity contribution in [2.24, 2.45) is 17.0 Å². The van der Waals surface area contributed by atoms with Crippen LogP contribution >= 0.6 is 0 Å². The number of oxime groups is 1. The highest BCUT2D eigenvalue weighted by molar-refractivity contribution is 5.94. The van der Waals surface area contributed by atoms with Gasteiger partial charge >= 0.3 is 0 Å². The fourth-order valence-electron chi connectivity index (χ4n) is 5.19. The lowest BCUT2D eigenvalue weighted by Gasteiger charge is -2.41. The van der Waals surface area contributed by atoms with Crippen LogP contribution < -0.4 is 19.1 Å². The Labute approximate surface area is 160 Å². The Hall–Kier alpha value is -2.15. The molecule has 7 nitrogen and oxygen atoms in total. The first-order valence-corrected chi connectivity index (χ1v) is 9.71. The molecule has 0 spiro atoms. The van der Waals surface area contributed by atoms with Crippen molar-refractivity contribution in [1.29, 1.82) is 0 Å². The van der Waals surface area contributed by atoms with Crippen LogP contribution in [0.4, 0.5) is 5.69 Å². The summed E-state index contributed by atoms with van der Waals surface area (Å²) in [5.74, 6) is 3.13. The summed E-state index contributed by atoms with van der Waals surface area (Å²) >= 11 is 0. The predicted octanol–water partition coefficient (Wildman–Crippen LogP) is 2.46. The number of hydrogen-bond donors (Lipinski definition) is 1. The minimum atomic E-state index is 0.329. The fraction of sp³-hybridized carbons (Fsp3) is 0.650. The third-order valence-corrected chi connectivity index (χ3v) is 6.48. The molecule has 0 aromatic heterocycles. The van der Waals surface area contributed by atoms with Gasteiger partial charge in [0.2, 0.25) is 5.75 Å².